The summed E-state index contributed by atoms with van der Waals surface area (Å²) in [6, 6.07) is 9.32. The fraction of sp³-hybridized carbons (Fsp3) is 0.588. The van der Waals surface area contributed by atoms with E-state index < -0.39 is 0 Å². The lowest BCUT2D eigenvalue weighted by atomic mass is 10.0. The highest BCUT2D eigenvalue weighted by molar-refractivity contribution is 5.85. The van der Waals surface area contributed by atoms with Crippen molar-refractivity contribution in [1.82, 2.24) is 4.90 Å². The molecule has 0 saturated carbocycles. The average molecular weight is 310 g/mol. The van der Waals surface area contributed by atoms with Gasteiger partial charge in [-0.1, -0.05) is 29.8 Å². The van der Waals surface area contributed by atoms with Crippen LogP contribution in [0.3, 0.4) is 0 Å². The average Bonchev–Trinajstić information content (AvgIpc) is 2.61. The summed E-state index contributed by atoms with van der Waals surface area (Å²) in [5, 5.41) is 0. The summed E-state index contributed by atoms with van der Waals surface area (Å²) in [7, 11) is 2.20. The van der Waals surface area contributed by atoms with Crippen LogP contribution >= 0.6 is 12.4 Å². The van der Waals surface area contributed by atoms with Crippen LogP contribution in [-0.4, -0.2) is 36.1 Å². The Bertz CT molecular complexity index is 491. The molecule has 1 aromatic carbocycles. The number of fused-ring (bicyclic) bond motifs is 2. The van der Waals surface area contributed by atoms with Gasteiger partial charge in [0.2, 0.25) is 0 Å². The topological polar surface area (TPSA) is 29.5 Å². The lowest BCUT2D eigenvalue weighted by Crippen LogP contribution is -2.43. The number of esters is 1. The third-order valence-electron chi connectivity index (χ3n) is 4.78. The molecule has 1 aromatic rings. The number of halogens is 1. The van der Waals surface area contributed by atoms with Gasteiger partial charge in [0.25, 0.3) is 0 Å². The second-order valence-electron chi connectivity index (χ2n) is 6.30. The Morgan fingerprint density at radius 1 is 1.29 bits per heavy atom. The van der Waals surface area contributed by atoms with Gasteiger partial charge in [-0.25, -0.2) is 0 Å². The molecule has 4 heteroatoms. The van der Waals surface area contributed by atoms with Crippen LogP contribution in [0, 0.1) is 6.92 Å². The number of hydrogen-bond donors (Lipinski definition) is 0. The highest BCUT2D eigenvalue weighted by Crippen LogP contribution is 2.35. The smallest absolute Gasteiger partial charge is 0.310 e. The van der Waals surface area contributed by atoms with E-state index in [2.05, 4.69) is 18.0 Å². The highest BCUT2D eigenvalue weighted by atomic mass is 35.5. The number of piperidine rings is 1. The minimum Gasteiger partial charge on any atom is -0.462 e. The van der Waals surface area contributed by atoms with E-state index in [1.165, 1.54) is 18.4 Å². The number of nitrogens with zero attached hydrogens (tertiary/aromatic N) is 1. The summed E-state index contributed by atoms with van der Waals surface area (Å²) in [6.07, 6.45) is 5.05. The van der Waals surface area contributed by atoms with E-state index in [0.29, 0.717) is 18.5 Å². The lowest BCUT2D eigenvalue weighted by Gasteiger charge is -2.35. The van der Waals surface area contributed by atoms with Gasteiger partial charge >= 0.3 is 5.97 Å². The summed E-state index contributed by atoms with van der Waals surface area (Å²) in [6.45, 7) is 2.05. The number of carbonyl (C=O) groups excluding carboxylic acids is 1. The van der Waals surface area contributed by atoms with Gasteiger partial charge in [0.15, 0.2) is 0 Å². The van der Waals surface area contributed by atoms with Crippen molar-refractivity contribution >= 4 is 18.4 Å². The maximum Gasteiger partial charge on any atom is 0.310 e. The van der Waals surface area contributed by atoms with Gasteiger partial charge in [-0.05, 0) is 45.2 Å². The van der Waals surface area contributed by atoms with Gasteiger partial charge in [0.05, 0.1) is 6.42 Å². The molecule has 0 spiro atoms. The van der Waals surface area contributed by atoms with Gasteiger partial charge in [0.1, 0.15) is 6.10 Å². The lowest BCUT2D eigenvalue weighted by molar-refractivity contribution is -0.151. The molecule has 2 bridgehead atoms. The minimum atomic E-state index is -0.0791. The Morgan fingerprint density at radius 2 is 1.95 bits per heavy atom. The number of rotatable bonds is 3. The molecule has 116 valence electrons. The van der Waals surface area contributed by atoms with E-state index in [1.807, 2.05) is 25.1 Å². The third kappa shape index (κ3) is 3.78. The van der Waals surface area contributed by atoms with Gasteiger partial charge in [-0.3, -0.25) is 4.79 Å². The molecule has 0 aromatic heterocycles. The number of hydrogen-bond acceptors (Lipinski definition) is 3. The molecule has 0 aliphatic carbocycles. The van der Waals surface area contributed by atoms with E-state index in [1.54, 1.807) is 0 Å². The predicted octanol–water partition coefficient (Wildman–Crippen LogP) is 3.13. The molecule has 0 amide bonds. The standard InChI is InChI=1S/C17H23NO2.ClH/c1-12-4-3-5-13(8-12)9-17(19)20-16-10-14-6-7-15(11-16)18(14)2;/h3-5,8,14-16H,6-7,9-11H2,1-2H3;1H/t14-,15+,16?;. The number of aryl methyl sites for hydroxylation is 1. The Hall–Kier alpha value is -1.06. The summed E-state index contributed by atoms with van der Waals surface area (Å²) in [5.41, 5.74) is 2.23. The summed E-state index contributed by atoms with van der Waals surface area (Å²) in [5.74, 6) is -0.0791. The Labute approximate surface area is 133 Å². The SMILES string of the molecule is Cc1cccc(CC(=O)OC2C[C@H]3CC[C@@H](C2)N3C)c1.Cl. The van der Waals surface area contributed by atoms with E-state index in [4.69, 9.17) is 4.74 Å². The van der Waals surface area contributed by atoms with Crippen LogP contribution in [0.1, 0.15) is 36.8 Å². The van der Waals surface area contributed by atoms with Crippen molar-refractivity contribution in [3.8, 4) is 0 Å². The maximum atomic E-state index is 12.1. The van der Waals surface area contributed by atoms with Crippen LogP contribution in [0.5, 0.6) is 0 Å². The first-order valence-corrected chi connectivity index (χ1v) is 7.59. The van der Waals surface area contributed by atoms with Crippen LogP contribution in [0.4, 0.5) is 0 Å². The first kappa shape index (κ1) is 16.3. The minimum absolute atomic E-state index is 0. The third-order valence-corrected chi connectivity index (χ3v) is 4.78. The Kier molecular flexibility index (Phi) is 5.28. The molecule has 2 aliphatic heterocycles. The van der Waals surface area contributed by atoms with Crippen LogP contribution in [0.2, 0.25) is 0 Å². The van der Waals surface area contributed by atoms with Crippen molar-refractivity contribution in [1.29, 1.82) is 0 Å². The van der Waals surface area contributed by atoms with Gasteiger partial charge in [0, 0.05) is 12.1 Å². The molecule has 2 heterocycles. The van der Waals surface area contributed by atoms with Crippen molar-refractivity contribution < 1.29 is 9.53 Å². The van der Waals surface area contributed by atoms with Crippen molar-refractivity contribution in [3.05, 3.63) is 35.4 Å². The molecule has 3 atom stereocenters. The zero-order valence-electron chi connectivity index (χ0n) is 12.7. The Balaban J connectivity index is 0.00000161. The second kappa shape index (κ2) is 6.80. The number of benzene rings is 1. The summed E-state index contributed by atoms with van der Waals surface area (Å²) in [4.78, 5) is 14.5. The van der Waals surface area contributed by atoms with Gasteiger partial charge in [-0.2, -0.15) is 0 Å². The van der Waals surface area contributed by atoms with E-state index in [9.17, 15) is 4.79 Å². The van der Waals surface area contributed by atoms with Crippen LogP contribution in [-0.2, 0) is 16.0 Å². The van der Waals surface area contributed by atoms with Crippen LogP contribution in [0.25, 0.3) is 0 Å². The Morgan fingerprint density at radius 3 is 2.57 bits per heavy atom. The first-order chi connectivity index (χ1) is 9.61. The number of carbonyl (C=O) groups is 1. The highest BCUT2D eigenvalue weighted by Gasteiger charge is 2.39. The summed E-state index contributed by atoms with van der Waals surface area (Å²) < 4.78 is 5.70. The van der Waals surface area contributed by atoms with Crippen LogP contribution < -0.4 is 0 Å². The van der Waals surface area contributed by atoms with Gasteiger partial charge < -0.3 is 9.64 Å². The molecule has 2 saturated heterocycles. The van der Waals surface area contributed by atoms with E-state index in [0.717, 1.165) is 18.4 Å². The number of ether oxygens (including phenoxy) is 1. The fourth-order valence-electron chi connectivity index (χ4n) is 3.67. The molecule has 3 nitrogen and oxygen atoms in total. The van der Waals surface area contributed by atoms with Gasteiger partial charge in [-0.15, -0.1) is 12.4 Å². The zero-order valence-corrected chi connectivity index (χ0v) is 13.6. The zero-order chi connectivity index (χ0) is 14.1. The quantitative estimate of drug-likeness (QED) is 0.803. The van der Waals surface area contributed by atoms with Crippen molar-refractivity contribution in [2.45, 2.75) is 57.2 Å². The summed E-state index contributed by atoms with van der Waals surface area (Å²) >= 11 is 0. The molecule has 0 radical (unpaired) electrons. The van der Waals surface area contributed by atoms with Crippen molar-refractivity contribution in [2.75, 3.05) is 7.05 Å². The second-order valence-corrected chi connectivity index (χ2v) is 6.30. The largest absolute Gasteiger partial charge is 0.462 e. The van der Waals surface area contributed by atoms with Crippen molar-refractivity contribution in [2.24, 2.45) is 0 Å². The first-order valence-electron chi connectivity index (χ1n) is 7.59. The predicted molar refractivity (Wildman–Crippen MR) is 85.8 cm³/mol. The normalized spacial score (nSPS) is 28.0. The molecule has 1 unspecified atom stereocenters. The maximum absolute atomic E-state index is 12.1. The van der Waals surface area contributed by atoms with Crippen molar-refractivity contribution in [3.63, 3.8) is 0 Å². The van der Waals surface area contributed by atoms with E-state index in [-0.39, 0.29) is 24.5 Å². The van der Waals surface area contributed by atoms with E-state index >= 15 is 0 Å². The monoisotopic (exact) mass is 309 g/mol. The molecular formula is C17H24ClNO2. The molecular weight excluding hydrogens is 286 g/mol. The molecule has 2 fully saturated rings. The molecule has 21 heavy (non-hydrogen) atoms. The molecule has 0 N–H and O–H groups in total. The molecule has 3 rings (SSSR count). The fourth-order valence-corrected chi connectivity index (χ4v) is 3.67. The van der Waals surface area contributed by atoms with Crippen LogP contribution in [0.15, 0.2) is 24.3 Å². The molecule has 2 aliphatic rings.